The zero-order valence-corrected chi connectivity index (χ0v) is 16.9. The number of benzene rings is 2. The molecule has 5 heteroatoms. The average molecular weight is 383 g/mol. The van der Waals surface area contributed by atoms with Gasteiger partial charge < -0.3 is 19.5 Å². The quantitative estimate of drug-likeness (QED) is 0.589. The van der Waals surface area contributed by atoms with Crippen molar-refractivity contribution in [3.05, 3.63) is 53.6 Å². The molecule has 0 spiro atoms. The summed E-state index contributed by atoms with van der Waals surface area (Å²) >= 11 is 0. The first-order chi connectivity index (χ1) is 13.3. The van der Waals surface area contributed by atoms with Gasteiger partial charge in [-0.15, -0.1) is 0 Å². The third kappa shape index (κ3) is 4.97. The predicted octanol–water partition coefficient (Wildman–Crippen LogP) is 4.87. The number of hydrogen-bond donors (Lipinski definition) is 1. The fraction of sp³-hybridized carbons (Fsp3) is 0.435. The fourth-order valence-electron chi connectivity index (χ4n) is 3.40. The van der Waals surface area contributed by atoms with Crippen molar-refractivity contribution in [2.24, 2.45) is 0 Å². The molecule has 5 nitrogen and oxygen atoms in total. The van der Waals surface area contributed by atoms with E-state index in [9.17, 15) is 9.90 Å². The summed E-state index contributed by atoms with van der Waals surface area (Å²) in [7, 11) is 0. The van der Waals surface area contributed by atoms with Crippen LogP contribution in [0, 0.1) is 0 Å². The number of phenols is 1. The SMILES string of the molecule is CC(C)(C)c1cc(C(=O)OCOc2ccc(N3CCCCC3)cc2)ccc1O. The molecule has 1 aliphatic rings. The molecule has 1 heterocycles. The van der Waals surface area contributed by atoms with Gasteiger partial charge in [-0.1, -0.05) is 20.8 Å². The molecule has 0 radical (unpaired) electrons. The number of aromatic hydroxyl groups is 1. The van der Waals surface area contributed by atoms with E-state index < -0.39 is 5.97 Å². The molecule has 150 valence electrons. The predicted molar refractivity (Wildman–Crippen MR) is 110 cm³/mol. The Kier molecular flexibility index (Phi) is 6.12. The van der Waals surface area contributed by atoms with Crippen molar-refractivity contribution < 1.29 is 19.4 Å². The zero-order valence-electron chi connectivity index (χ0n) is 16.9. The number of carbonyl (C=O) groups is 1. The Labute approximate surface area is 166 Å². The second-order valence-electron chi connectivity index (χ2n) is 8.22. The molecule has 3 rings (SSSR count). The molecule has 0 bridgehead atoms. The van der Waals surface area contributed by atoms with E-state index in [1.54, 1.807) is 12.1 Å². The van der Waals surface area contributed by atoms with E-state index in [-0.39, 0.29) is 18.0 Å². The van der Waals surface area contributed by atoms with Gasteiger partial charge in [-0.2, -0.15) is 0 Å². The van der Waals surface area contributed by atoms with Gasteiger partial charge in [-0.25, -0.2) is 4.79 Å². The van der Waals surface area contributed by atoms with Crippen molar-refractivity contribution in [2.45, 2.75) is 45.4 Å². The Morgan fingerprint density at radius 1 is 1.04 bits per heavy atom. The number of rotatable bonds is 5. The Bertz CT molecular complexity index is 802. The summed E-state index contributed by atoms with van der Waals surface area (Å²) in [5, 5.41) is 10.0. The molecule has 0 aromatic heterocycles. The molecule has 0 amide bonds. The van der Waals surface area contributed by atoms with Gasteiger partial charge in [0.25, 0.3) is 0 Å². The number of esters is 1. The molecule has 1 saturated heterocycles. The first-order valence-electron chi connectivity index (χ1n) is 9.83. The van der Waals surface area contributed by atoms with Gasteiger partial charge in [0.15, 0.2) is 0 Å². The fourth-order valence-corrected chi connectivity index (χ4v) is 3.40. The van der Waals surface area contributed by atoms with Crippen LogP contribution < -0.4 is 9.64 Å². The highest BCUT2D eigenvalue weighted by molar-refractivity contribution is 5.90. The molecule has 2 aromatic carbocycles. The molecule has 1 aliphatic heterocycles. The smallest absolute Gasteiger partial charge is 0.341 e. The van der Waals surface area contributed by atoms with Crippen LogP contribution in [0.15, 0.2) is 42.5 Å². The largest absolute Gasteiger partial charge is 0.508 e. The highest BCUT2D eigenvalue weighted by atomic mass is 16.7. The first-order valence-corrected chi connectivity index (χ1v) is 9.83. The van der Waals surface area contributed by atoms with Crippen molar-refractivity contribution in [3.8, 4) is 11.5 Å². The molecule has 0 unspecified atom stereocenters. The molecule has 0 aliphatic carbocycles. The van der Waals surface area contributed by atoms with Gasteiger partial charge in [-0.05, 0) is 67.1 Å². The van der Waals surface area contributed by atoms with Crippen molar-refractivity contribution >= 4 is 11.7 Å². The second kappa shape index (κ2) is 8.55. The molecular formula is C23H29NO4. The second-order valence-corrected chi connectivity index (χ2v) is 8.22. The Morgan fingerprint density at radius 2 is 1.71 bits per heavy atom. The average Bonchev–Trinajstić information content (AvgIpc) is 2.68. The van der Waals surface area contributed by atoms with Crippen LogP contribution in [0.1, 0.15) is 56.0 Å². The molecule has 1 fully saturated rings. The number of ether oxygens (including phenoxy) is 2. The Hall–Kier alpha value is -2.69. The minimum atomic E-state index is -0.476. The maximum absolute atomic E-state index is 12.3. The van der Waals surface area contributed by atoms with Crippen molar-refractivity contribution in [1.29, 1.82) is 0 Å². The number of anilines is 1. The van der Waals surface area contributed by atoms with Crippen LogP contribution in [-0.2, 0) is 10.2 Å². The van der Waals surface area contributed by atoms with Gasteiger partial charge >= 0.3 is 5.97 Å². The summed E-state index contributed by atoms with van der Waals surface area (Å²) in [5.41, 5.74) is 2.03. The monoisotopic (exact) mass is 383 g/mol. The highest BCUT2D eigenvalue weighted by Crippen LogP contribution is 2.31. The van der Waals surface area contributed by atoms with E-state index in [4.69, 9.17) is 9.47 Å². The van der Waals surface area contributed by atoms with Crippen LogP contribution in [0.25, 0.3) is 0 Å². The lowest BCUT2D eigenvalue weighted by Gasteiger charge is -2.28. The number of piperidine rings is 1. The van der Waals surface area contributed by atoms with E-state index >= 15 is 0 Å². The standard InChI is InChI=1S/C23H29NO4/c1-23(2,3)20-15-17(7-12-21(20)25)22(26)28-16-27-19-10-8-18(9-11-19)24-13-5-4-6-14-24/h7-12,15,25H,4-6,13-14,16H2,1-3H3. The summed E-state index contributed by atoms with van der Waals surface area (Å²) in [6.07, 6.45) is 3.78. The summed E-state index contributed by atoms with van der Waals surface area (Å²) in [6.45, 7) is 7.98. The zero-order chi connectivity index (χ0) is 20.1. The normalized spacial score (nSPS) is 14.6. The third-order valence-electron chi connectivity index (χ3n) is 5.01. The van der Waals surface area contributed by atoms with Crippen LogP contribution in [0.3, 0.4) is 0 Å². The van der Waals surface area contributed by atoms with Gasteiger partial charge in [-0.3, -0.25) is 0 Å². The van der Waals surface area contributed by atoms with E-state index in [2.05, 4.69) is 4.90 Å². The van der Waals surface area contributed by atoms with Crippen LogP contribution in [0.2, 0.25) is 0 Å². The van der Waals surface area contributed by atoms with Gasteiger partial charge in [0, 0.05) is 24.3 Å². The minimum Gasteiger partial charge on any atom is -0.508 e. The van der Waals surface area contributed by atoms with Crippen LogP contribution >= 0.6 is 0 Å². The van der Waals surface area contributed by atoms with Gasteiger partial charge in [0.1, 0.15) is 11.5 Å². The highest BCUT2D eigenvalue weighted by Gasteiger charge is 2.20. The van der Waals surface area contributed by atoms with Crippen molar-refractivity contribution in [2.75, 3.05) is 24.8 Å². The molecule has 0 atom stereocenters. The van der Waals surface area contributed by atoms with Crippen molar-refractivity contribution in [3.63, 3.8) is 0 Å². The molecule has 2 aromatic rings. The number of carbonyl (C=O) groups excluding carboxylic acids is 1. The summed E-state index contributed by atoms with van der Waals surface area (Å²) < 4.78 is 10.8. The number of phenolic OH excluding ortho intramolecular Hbond substituents is 1. The maximum Gasteiger partial charge on any atom is 0.341 e. The van der Waals surface area contributed by atoms with E-state index in [1.807, 2.05) is 45.0 Å². The number of nitrogens with zero attached hydrogens (tertiary/aromatic N) is 1. The summed E-state index contributed by atoms with van der Waals surface area (Å²) in [6, 6.07) is 12.6. The molecule has 1 N–H and O–H groups in total. The first kappa shape index (κ1) is 20.1. The van der Waals surface area contributed by atoms with Gasteiger partial charge in [0.05, 0.1) is 5.56 Å². The minimum absolute atomic E-state index is 0.159. The maximum atomic E-state index is 12.3. The van der Waals surface area contributed by atoms with Crippen LogP contribution in [0.4, 0.5) is 5.69 Å². The van der Waals surface area contributed by atoms with E-state index in [0.717, 1.165) is 13.1 Å². The topological polar surface area (TPSA) is 59.0 Å². The Balaban J connectivity index is 1.54. The number of hydrogen-bond acceptors (Lipinski definition) is 5. The van der Waals surface area contributed by atoms with E-state index in [0.29, 0.717) is 16.9 Å². The lowest BCUT2D eigenvalue weighted by atomic mass is 9.85. The van der Waals surface area contributed by atoms with Crippen LogP contribution in [0.5, 0.6) is 11.5 Å². The lowest BCUT2D eigenvalue weighted by molar-refractivity contribution is 0.0154. The van der Waals surface area contributed by atoms with E-state index in [1.165, 1.54) is 31.0 Å². The molecule has 28 heavy (non-hydrogen) atoms. The third-order valence-corrected chi connectivity index (χ3v) is 5.01. The van der Waals surface area contributed by atoms with Gasteiger partial charge in [0.2, 0.25) is 6.79 Å². The van der Waals surface area contributed by atoms with Crippen LogP contribution in [-0.4, -0.2) is 31.0 Å². The molecular weight excluding hydrogens is 354 g/mol. The van der Waals surface area contributed by atoms with Crippen molar-refractivity contribution in [1.82, 2.24) is 0 Å². The lowest BCUT2D eigenvalue weighted by Crippen LogP contribution is -2.29. The summed E-state index contributed by atoms with van der Waals surface area (Å²) in [5.74, 6) is 0.360. The summed E-state index contributed by atoms with van der Waals surface area (Å²) in [4.78, 5) is 14.7. The molecule has 0 saturated carbocycles. The Morgan fingerprint density at radius 3 is 2.36 bits per heavy atom.